The van der Waals surface area contributed by atoms with Crippen LogP contribution >= 0.6 is 0 Å². The number of nitrogens with two attached hydrogens (primary N) is 1. The first-order valence-electron chi connectivity index (χ1n) is 5.90. The summed E-state index contributed by atoms with van der Waals surface area (Å²) in [6.45, 7) is 0.147. The lowest BCUT2D eigenvalue weighted by atomic mass is 10.2. The fraction of sp³-hybridized carbons (Fsp3) is 0.0833. The van der Waals surface area contributed by atoms with Gasteiger partial charge >= 0.3 is 0 Å². The summed E-state index contributed by atoms with van der Waals surface area (Å²) in [7, 11) is 0. The Bertz CT molecular complexity index is 779. The molecule has 3 aromatic rings. The Kier molecular flexibility index (Phi) is 3.14. The maximum Gasteiger partial charge on any atom is 0.270 e. The van der Waals surface area contributed by atoms with Gasteiger partial charge in [0.15, 0.2) is 5.69 Å². The molecule has 0 aliphatic rings. The Balaban J connectivity index is 1.78. The molecule has 0 bridgehead atoms. The highest BCUT2D eigenvalue weighted by Gasteiger charge is 2.12. The summed E-state index contributed by atoms with van der Waals surface area (Å²) in [6, 6.07) is 5.71. The molecule has 2 aromatic heterocycles. The van der Waals surface area contributed by atoms with E-state index in [9.17, 15) is 9.18 Å². The summed E-state index contributed by atoms with van der Waals surface area (Å²) >= 11 is 0. The van der Waals surface area contributed by atoms with Crippen molar-refractivity contribution in [2.24, 2.45) is 5.73 Å². The minimum absolute atomic E-state index is 0.0493. The number of aromatic nitrogens is 5. The fourth-order valence-electron chi connectivity index (χ4n) is 1.66. The van der Waals surface area contributed by atoms with Gasteiger partial charge in [0.25, 0.3) is 5.91 Å². The number of amides is 1. The standard InChI is InChI=1S/C12H9FN6O2/c13-8-3-1-7(2-4-8)12-15-10(21-17-12)6-19-5-9(11(14)20)16-18-19/h1-5H,6H2,(H2,14,20). The maximum atomic E-state index is 12.8. The molecule has 0 unspecified atom stereocenters. The van der Waals surface area contributed by atoms with Gasteiger partial charge in [0.05, 0.1) is 6.20 Å². The van der Waals surface area contributed by atoms with Crippen LogP contribution in [-0.2, 0) is 6.54 Å². The smallest absolute Gasteiger partial charge is 0.270 e. The van der Waals surface area contributed by atoms with Crippen molar-refractivity contribution in [1.29, 1.82) is 0 Å². The Morgan fingerprint density at radius 1 is 1.33 bits per heavy atom. The second kappa shape index (κ2) is 5.12. The molecule has 21 heavy (non-hydrogen) atoms. The molecule has 0 saturated carbocycles. The molecular weight excluding hydrogens is 279 g/mol. The van der Waals surface area contributed by atoms with Crippen LogP contribution in [0, 0.1) is 5.82 Å². The van der Waals surface area contributed by atoms with E-state index in [1.807, 2.05) is 0 Å². The SMILES string of the molecule is NC(=O)c1cn(Cc2nc(-c3ccc(F)cc3)no2)nn1. The molecule has 0 atom stereocenters. The van der Waals surface area contributed by atoms with Crippen molar-refractivity contribution < 1.29 is 13.7 Å². The van der Waals surface area contributed by atoms with E-state index >= 15 is 0 Å². The zero-order valence-electron chi connectivity index (χ0n) is 10.6. The molecule has 0 spiro atoms. The van der Waals surface area contributed by atoms with Crippen LogP contribution in [-0.4, -0.2) is 31.0 Å². The highest BCUT2D eigenvalue weighted by Crippen LogP contribution is 2.16. The Labute approximate surface area is 117 Å². The number of rotatable bonds is 4. The van der Waals surface area contributed by atoms with E-state index < -0.39 is 5.91 Å². The third kappa shape index (κ3) is 2.76. The van der Waals surface area contributed by atoms with E-state index in [1.165, 1.54) is 23.0 Å². The van der Waals surface area contributed by atoms with Crippen LogP contribution in [0.2, 0.25) is 0 Å². The monoisotopic (exact) mass is 288 g/mol. The first kappa shape index (κ1) is 12.9. The molecular formula is C12H9FN6O2. The summed E-state index contributed by atoms with van der Waals surface area (Å²) in [5, 5.41) is 11.1. The fourth-order valence-corrected chi connectivity index (χ4v) is 1.66. The number of halogens is 1. The van der Waals surface area contributed by atoms with Crippen molar-refractivity contribution in [3.63, 3.8) is 0 Å². The molecule has 0 fully saturated rings. The van der Waals surface area contributed by atoms with E-state index in [2.05, 4.69) is 20.5 Å². The Morgan fingerprint density at radius 2 is 2.10 bits per heavy atom. The first-order chi connectivity index (χ1) is 10.1. The van der Waals surface area contributed by atoms with E-state index in [-0.39, 0.29) is 23.9 Å². The minimum atomic E-state index is -0.668. The summed E-state index contributed by atoms with van der Waals surface area (Å²) in [5.74, 6) is -0.404. The highest BCUT2D eigenvalue weighted by molar-refractivity contribution is 5.90. The highest BCUT2D eigenvalue weighted by atomic mass is 19.1. The minimum Gasteiger partial charge on any atom is -0.364 e. The van der Waals surface area contributed by atoms with Gasteiger partial charge in [0.2, 0.25) is 11.7 Å². The lowest BCUT2D eigenvalue weighted by molar-refractivity contribution is 0.0995. The van der Waals surface area contributed by atoms with Gasteiger partial charge in [-0.2, -0.15) is 4.98 Å². The van der Waals surface area contributed by atoms with Crippen molar-refractivity contribution in [2.45, 2.75) is 6.54 Å². The zero-order chi connectivity index (χ0) is 14.8. The zero-order valence-corrected chi connectivity index (χ0v) is 10.6. The largest absolute Gasteiger partial charge is 0.364 e. The van der Waals surface area contributed by atoms with E-state index in [0.29, 0.717) is 11.4 Å². The van der Waals surface area contributed by atoms with E-state index in [0.717, 1.165) is 0 Å². The molecule has 0 aliphatic heterocycles. The predicted molar refractivity (Wildman–Crippen MR) is 67.3 cm³/mol. The number of hydrogen-bond donors (Lipinski definition) is 1. The number of hydrogen-bond acceptors (Lipinski definition) is 6. The third-order valence-electron chi connectivity index (χ3n) is 2.66. The average Bonchev–Trinajstić information content (AvgIpc) is 3.10. The number of nitrogens with zero attached hydrogens (tertiary/aromatic N) is 5. The molecule has 0 saturated heterocycles. The van der Waals surface area contributed by atoms with Crippen molar-refractivity contribution >= 4 is 5.91 Å². The Morgan fingerprint density at radius 3 is 2.76 bits per heavy atom. The molecule has 9 heteroatoms. The van der Waals surface area contributed by atoms with E-state index in [1.54, 1.807) is 12.1 Å². The van der Waals surface area contributed by atoms with Crippen LogP contribution < -0.4 is 5.73 Å². The number of primary amides is 1. The van der Waals surface area contributed by atoms with Crippen LogP contribution in [0.3, 0.4) is 0 Å². The lowest BCUT2D eigenvalue weighted by Gasteiger charge is -1.93. The van der Waals surface area contributed by atoms with Gasteiger partial charge in [0.1, 0.15) is 12.4 Å². The van der Waals surface area contributed by atoms with Gasteiger partial charge in [-0.1, -0.05) is 10.4 Å². The molecule has 1 aromatic carbocycles. The summed E-state index contributed by atoms with van der Waals surface area (Å²) < 4.78 is 19.3. The summed E-state index contributed by atoms with van der Waals surface area (Å²) in [4.78, 5) is 15.1. The number of carbonyl (C=O) groups is 1. The number of carbonyl (C=O) groups excluding carboxylic acids is 1. The van der Waals surface area contributed by atoms with Crippen molar-refractivity contribution in [2.75, 3.05) is 0 Å². The van der Waals surface area contributed by atoms with Gasteiger partial charge in [-0.25, -0.2) is 9.07 Å². The predicted octanol–water partition coefficient (Wildman–Crippen LogP) is 0.614. The molecule has 3 rings (SSSR count). The summed E-state index contributed by atoms with van der Waals surface area (Å²) in [5.41, 5.74) is 5.75. The average molecular weight is 288 g/mol. The third-order valence-corrected chi connectivity index (χ3v) is 2.66. The quantitative estimate of drug-likeness (QED) is 0.752. The van der Waals surface area contributed by atoms with Gasteiger partial charge in [-0.3, -0.25) is 4.79 Å². The van der Waals surface area contributed by atoms with Crippen molar-refractivity contribution in [1.82, 2.24) is 25.1 Å². The molecule has 8 nitrogen and oxygen atoms in total. The molecule has 2 heterocycles. The molecule has 0 radical (unpaired) electrons. The maximum absolute atomic E-state index is 12.8. The van der Waals surface area contributed by atoms with Crippen LogP contribution in [0.25, 0.3) is 11.4 Å². The lowest BCUT2D eigenvalue weighted by Crippen LogP contribution is -2.11. The Hall–Kier alpha value is -3.10. The van der Waals surface area contributed by atoms with Crippen molar-refractivity contribution in [3.05, 3.63) is 47.9 Å². The van der Waals surface area contributed by atoms with Gasteiger partial charge in [-0.15, -0.1) is 5.10 Å². The van der Waals surface area contributed by atoms with Crippen molar-refractivity contribution in [3.8, 4) is 11.4 Å². The van der Waals surface area contributed by atoms with Gasteiger partial charge in [0, 0.05) is 5.56 Å². The first-order valence-corrected chi connectivity index (χ1v) is 5.90. The van der Waals surface area contributed by atoms with Crippen LogP contribution in [0.15, 0.2) is 35.0 Å². The van der Waals surface area contributed by atoms with Gasteiger partial charge < -0.3 is 10.3 Å². The summed E-state index contributed by atoms with van der Waals surface area (Å²) in [6.07, 6.45) is 1.38. The molecule has 2 N–H and O–H groups in total. The number of benzene rings is 1. The van der Waals surface area contributed by atoms with E-state index in [4.69, 9.17) is 10.3 Å². The second-order valence-electron chi connectivity index (χ2n) is 4.18. The van der Waals surface area contributed by atoms with Crippen LogP contribution in [0.4, 0.5) is 4.39 Å². The molecule has 0 aliphatic carbocycles. The normalized spacial score (nSPS) is 10.7. The van der Waals surface area contributed by atoms with Gasteiger partial charge in [-0.05, 0) is 24.3 Å². The molecule has 1 amide bonds. The molecule has 106 valence electrons. The van der Waals surface area contributed by atoms with Crippen LogP contribution in [0.1, 0.15) is 16.4 Å². The van der Waals surface area contributed by atoms with Crippen LogP contribution in [0.5, 0.6) is 0 Å². The topological polar surface area (TPSA) is 113 Å². The second-order valence-corrected chi connectivity index (χ2v) is 4.18.